The van der Waals surface area contributed by atoms with Gasteiger partial charge in [-0.25, -0.2) is 4.79 Å². The summed E-state index contributed by atoms with van der Waals surface area (Å²) in [5.74, 6) is -1.24. The second-order valence-electron chi connectivity index (χ2n) is 6.13. The molecule has 0 aromatic heterocycles. The van der Waals surface area contributed by atoms with E-state index in [0.29, 0.717) is 12.0 Å². The van der Waals surface area contributed by atoms with Gasteiger partial charge >= 0.3 is 5.97 Å². The lowest BCUT2D eigenvalue weighted by Crippen LogP contribution is -2.65. The molecule has 0 saturated heterocycles. The molecule has 0 unspecified atom stereocenters. The Morgan fingerprint density at radius 3 is 2.19 bits per heavy atom. The average Bonchev–Trinajstić information content (AvgIpc) is 2.73. The summed E-state index contributed by atoms with van der Waals surface area (Å²) >= 11 is 0. The summed E-state index contributed by atoms with van der Waals surface area (Å²) in [4.78, 5) is 25.2. The number of benzene rings is 2. The van der Waals surface area contributed by atoms with Crippen molar-refractivity contribution < 1.29 is 24.2 Å². The molecule has 1 amide bonds. The lowest BCUT2D eigenvalue weighted by molar-refractivity contribution is -0.160. The molecular weight excluding hydrogens is 346 g/mol. The molecular formula is C21H25NO5. The molecule has 2 rings (SSSR count). The number of carbonyl (C=O) groups excluding carboxylic acids is 2. The van der Waals surface area contributed by atoms with Gasteiger partial charge in [-0.05, 0) is 24.1 Å². The van der Waals surface area contributed by atoms with Crippen LogP contribution in [-0.2, 0) is 20.9 Å². The Kier molecular flexibility index (Phi) is 7.52. The molecule has 0 radical (unpaired) electrons. The van der Waals surface area contributed by atoms with Crippen LogP contribution in [0.25, 0.3) is 0 Å². The number of methoxy groups -OCH3 is 1. The number of carbonyl (C=O) groups is 2. The lowest BCUT2D eigenvalue weighted by Gasteiger charge is -2.36. The minimum absolute atomic E-state index is 0.235. The second-order valence-corrected chi connectivity index (χ2v) is 6.13. The van der Waals surface area contributed by atoms with Crippen LogP contribution in [0, 0.1) is 0 Å². The number of hydrogen-bond donors (Lipinski definition) is 2. The van der Waals surface area contributed by atoms with Crippen LogP contribution in [0.1, 0.15) is 29.3 Å². The van der Waals surface area contributed by atoms with E-state index in [9.17, 15) is 14.7 Å². The van der Waals surface area contributed by atoms with E-state index in [1.807, 2.05) is 37.3 Å². The highest BCUT2D eigenvalue weighted by Crippen LogP contribution is 2.22. The minimum atomic E-state index is -1.70. The van der Waals surface area contributed by atoms with Crippen molar-refractivity contribution in [2.24, 2.45) is 0 Å². The summed E-state index contributed by atoms with van der Waals surface area (Å²) in [5, 5.41) is 12.7. The van der Waals surface area contributed by atoms with Crippen molar-refractivity contribution >= 4 is 11.9 Å². The van der Waals surface area contributed by atoms with Crippen molar-refractivity contribution in [1.82, 2.24) is 5.32 Å². The van der Waals surface area contributed by atoms with Crippen LogP contribution in [0.15, 0.2) is 60.7 Å². The molecule has 0 heterocycles. The maximum Gasteiger partial charge on any atom is 0.336 e. The van der Waals surface area contributed by atoms with Crippen LogP contribution in [0.2, 0.25) is 0 Å². The van der Waals surface area contributed by atoms with Crippen molar-refractivity contribution in [3.05, 3.63) is 71.8 Å². The standard InChI is InChI=1S/C21H25NO5/c1-3-18(27-14-16-10-6-4-7-11-16)21(15-23,20(25)26-2)22-19(24)17-12-8-5-9-13-17/h4-13,18,23H,3,14-15H2,1-2H3,(H,22,24)/t18-,21+/m1/s1. The van der Waals surface area contributed by atoms with Crippen LogP contribution < -0.4 is 5.32 Å². The number of amides is 1. The molecule has 0 aliphatic carbocycles. The van der Waals surface area contributed by atoms with E-state index < -0.39 is 30.1 Å². The van der Waals surface area contributed by atoms with E-state index in [0.717, 1.165) is 5.56 Å². The highest BCUT2D eigenvalue weighted by molar-refractivity contribution is 5.98. The Morgan fingerprint density at radius 2 is 1.67 bits per heavy atom. The van der Waals surface area contributed by atoms with Gasteiger partial charge in [0.25, 0.3) is 5.91 Å². The quantitative estimate of drug-likeness (QED) is 0.661. The molecule has 6 heteroatoms. The number of hydrogen-bond acceptors (Lipinski definition) is 5. The van der Waals surface area contributed by atoms with E-state index in [-0.39, 0.29) is 6.61 Å². The topological polar surface area (TPSA) is 84.9 Å². The molecule has 0 aliphatic rings. The molecule has 2 atom stereocenters. The number of nitrogens with one attached hydrogen (secondary N) is 1. The summed E-state index contributed by atoms with van der Waals surface area (Å²) in [7, 11) is 1.21. The van der Waals surface area contributed by atoms with Crippen molar-refractivity contribution in [3.8, 4) is 0 Å². The van der Waals surface area contributed by atoms with Gasteiger partial charge in [-0.15, -0.1) is 0 Å². The molecule has 27 heavy (non-hydrogen) atoms. The zero-order valence-electron chi connectivity index (χ0n) is 15.6. The summed E-state index contributed by atoms with van der Waals surface area (Å²) in [6.45, 7) is 1.41. The van der Waals surface area contributed by atoms with Crippen molar-refractivity contribution in [2.75, 3.05) is 13.7 Å². The Hall–Kier alpha value is -2.70. The fourth-order valence-corrected chi connectivity index (χ4v) is 2.89. The highest BCUT2D eigenvalue weighted by atomic mass is 16.5. The Balaban J connectivity index is 2.26. The first-order valence-corrected chi connectivity index (χ1v) is 8.79. The molecule has 0 aliphatic heterocycles. The average molecular weight is 371 g/mol. The molecule has 0 bridgehead atoms. The summed E-state index contributed by atoms with van der Waals surface area (Å²) in [6.07, 6.45) is -0.389. The SMILES string of the molecule is CC[C@@H](OCc1ccccc1)[C@](CO)(NC(=O)c1ccccc1)C(=O)OC. The first-order chi connectivity index (χ1) is 13.1. The first kappa shape index (κ1) is 20.6. The monoisotopic (exact) mass is 371 g/mol. The van der Waals surface area contributed by atoms with Gasteiger partial charge in [0.1, 0.15) is 0 Å². The van der Waals surface area contributed by atoms with Gasteiger partial charge in [-0.3, -0.25) is 4.79 Å². The molecule has 6 nitrogen and oxygen atoms in total. The lowest BCUT2D eigenvalue weighted by atomic mass is 9.90. The van der Waals surface area contributed by atoms with E-state index in [1.165, 1.54) is 7.11 Å². The number of aliphatic hydroxyl groups excluding tert-OH is 1. The van der Waals surface area contributed by atoms with E-state index in [1.54, 1.807) is 30.3 Å². The Bertz CT molecular complexity index is 735. The van der Waals surface area contributed by atoms with Crippen molar-refractivity contribution in [2.45, 2.75) is 31.6 Å². The summed E-state index contributed by atoms with van der Waals surface area (Å²) < 4.78 is 10.8. The molecule has 0 spiro atoms. The molecule has 2 N–H and O–H groups in total. The smallest absolute Gasteiger partial charge is 0.336 e. The van der Waals surface area contributed by atoms with Gasteiger partial charge in [0.15, 0.2) is 5.54 Å². The second kappa shape index (κ2) is 9.85. The molecule has 144 valence electrons. The third kappa shape index (κ3) is 4.93. The van der Waals surface area contributed by atoms with Gasteiger partial charge in [0.05, 0.1) is 26.4 Å². The fraction of sp³-hybridized carbons (Fsp3) is 0.333. The number of aliphatic hydroxyl groups is 1. The van der Waals surface area contributed by atoms with E-state index in [4.69, 9.17) is 9.47 Å². The van der Waals surface area contributed by atoms with Gasteiger partial charge in [0.2, 0.25) is 0 Å². The number of rotatable bonds is 9. The third-order valence-corrected chi connectivity index (χ3v) is 4.39. The fourth-order valence-electron chi connectivity index (χ4n) is 2.89. The predicted molar refractivity (Wildman–Crippen MR) is 101 cm³/mol. The van der Waals surface area contributed by atoms with Gasteiger partial charge in [-0.2, -0.15) is 0 Å². The third-order valence-electron chi connectivity index (χ3n) is 4.39. The van der Waals surface area contributed by atoms with Gasteiger partial charge in [0, 0.05) is 5.56 Å². The van der Waals surface area contributed by atoms with Gasteiger partial charge < -0.3 is 19.9 Å². The Labute approximate surface area is 159 Å². The van der Waals surface area contributed by atoms with Gasteiger partial charge in [-0.1, -0.05) is 55.5 Å². The zero-order valence-corrected chi connectivity index (χ0v) is 15.6. The predicted octanol–water partition coefficient (Wildman–Crippen LogP) is 2.32. The normalized spacial score (nSPS) is 14.0. The van der Waals surface area contributed by atoms with Crippen LogP contribution in [0.5, 0.6) is 0 Å². The number of esters is 1. The number of ether oxygens (including phenoxy) is 2. The van der Waals surface area contributed by atoms with Crippen LogP contribution in [0.4, 0.5) is 0 Å². The molecule has 0 saturated carbocycles. The van der Waals surface area contributed by atoms with Crippen LogP contribution >= 0.6 is 0 Å². The minimum Gasteiger partial charge on any atom is -0.467 e. The van der Waals surface area contributed by atoms with E-state index >= 15 is 0 Å². The van der Waals surface area contributed by atoms with E-state index in [2.05, 4.69) is 5.32 Å². The summed E-state index contributed by atoms with van der Waals surface area (Å²) in [5.41, 5.74) is -0.412. The zero-order chi connectivity index (χ0) is 19.7. The van der Waals surface area contributed by atoms with Crippen LogP contribution in [-0.4, -0.2) is 42.3 Å². The first-order valence-electron chi connectivity index (χ1n) is 8.79. The highest BCUT2D eigenvalue weighted by Gasteiger charge is 2.48. The Morgan fingerprint density at radius 1 is 1.07 bits per heavy atom. The largest absolute Gasteiger partial charge is 0.467 e. The maximum atomic E-state index is 12.6. The molecule has 2 aromatic carbocycles. The molecule has 0 fully saturated rings. The van der Waals surface area contributed by atoms with Crippen LogP contribution in [0.3, 0.4) is 0 Å². The van der Waals surface area contributed by atoms with Crippen molar-refractivity contribution in [3.63, 3.8) is 0 Å². The maximum absolute atomic E-state index is 12.6. The molecule has 2 aromatic rings. The van der Waals surface area contributed by atoms with Crippen molar-refractivity contribution in [1.29, 1.82) is 0 Å². The summed E-state index contributed by atoms with van der Waals surface area (Å²) in [6, 6.07) is 17.9.